The number of unbranched alkanes of at least 4 members (excludes halogenated alkanes) is 3. The fraction of sp³-hybridized carbons (Fsp3) is 0.407. The molecule has 1 saturated heterocycles. The van der Waals surface area contributed by atoms with E-state index < -0.39 is 6.04 Å². The summed E-state index contributed by atoms with van der Waals surface area (Å²) in [5, 5.41) is 1.15. The summed E-state index contributed by atoms with van der Waals surface area (Å²) in [4.78, 5) is 34.3. The number of carbonyl (C=O) groups is 2. The zero-order valence-corrected chi connectivity index (χ0v) is 18.9. The zero-order valence-electron chi connectivity index (χ0n) is 18.9. The molecule has 166 valence electrons. The SMILES string of the molecule is CCCCCCN1CC(=O)N2[C@H](c3ccc(C)cc3)c3[nH]c4ccccc4c3C[C@H]2C1=O. The number of fused-ring (bicyclic) bond motifs is 4. The number of H-pyrrole nitrogens is 1. The van der Waals surface area contributed by atoms with Crippen LogP contribution < -0.4 is 0 Å². The minimum Gasteiger partial charge on any atom is -0.356 e. The second-order valence-electron chi connectivity index (χ2n) is 9.22. The van der Waals surface area contributed by atoms with Gasteiger partial charge < -0.3 is 14.8 Å². The van der Waals surface area contributed by atoms with Crippen molar-refractivity contribution in [2.75, 3.05) is 13.1 Å². The molecule has 32 heavy (non-hydrogen) atoms. The Morgan fingerprint density at radius 1 is 1.00 bits per heavy atom. The predicted octanol–water partition coefficient (Wildman–Crippen LogP) is 4.74. The number of aryl methyl sites for hydroxylation is 1. The fourth-order valence-electron chi connectivity index (χ4n) is 5.34. The molecule has 2 aromatic carbocycles. The first-order chi connectivity index (χ1) is 15.6. The Morgan fingerprint density at radius 2 is 1.78 bits per heavy atom. The molecule has 1 fully saturated rings. The van der Waals surface area contributed by atoms with E-state index in [9.17, 15) is 9.59 Å². The molecular formula is C27H31N3O2. The Hall–Kier alpha value is -3.08. The van der Waals surface area contributed by atoms with Crippen molar-refractivity contribution < 1.29 is 9.59 Å². The average molecular weight is 430 g/mol. The summed E-state index contributed by atoms with van der Waals surface area (Å²) in [6.07, 6.45) is 4.95. The molecule has 0 saturated carbocycles. The van der Waals surface area contributed by atoms with Gasteiger partial charge >= 0.3 is 0 Å². The number of nitrogens with zero attached hydrogens (tertiary/aromatic N) is 2. The minimum absolute atomic E-state index is 0.0416. The van der Waals surface area contributed by atoms with Crippen LogP contribution in [0.15, 0.2) is 48.5 Å². The van der Waals surface area contributed by atoms with Crippen LogP contribution in [0.3, 0.4) is 0 Å². The van der Waals surface area contributed by atoms with Gasteiger partial charge in [-0.2, -0.15) is 0 Å². The van der Waals surface area contributed by atoms with Gasteiger partial charge in [0.1, 0.15) is 6.04 Å². The van der Waals surface area contributed by atoms with Gasteiger partial charge in [0.25, 0.3) is 0 Å². The molecule has 5 nitrogen and oxygen atoms in total. The summed E-state index contributed by atoms with van der Waals surface area (Å²) in [6.45, 7) is 5.09. The monoisotopic (exact) mass is 429 g/mol. The van der Waals surface area contributed by atoms with Crippen LogP contribution in [-0.2, 0) is 16.0 Å². The van der Waals surface area contributed by atoms with Gasteiger partial charge in [0.2, 0.25) is 11.8 Å². The molecule has 0 spiro atoms. The molecule has 5 heteroatoms. The number of rotatable bonds is 6. The average Bonchev–Trinajstić information content (AvgIpc) is 3.17. The van der Waals surface area contributed by atoms with E-state index in [1.165, 1.54) is 17.5 Å². The summed E-state index contributed by atoms with van der Waals surface area (Å²) in [7, 11) is 0. The van der Waals surface area contributed by atoms with Gasteiger partial charge in [-0.15, -0.1) is 0 Å². The van der Waals surface area contributed by atoms with E-state index in [1.54, 1.807) is 4.90 Å². The van der Waals surface area contributed by atoms with Crippen LogP contribution in [0.1, 0.15) is 61.0 Å². The number of hydrogen-bond acceptors (Lipinski definition) is 2. The molecule has 2 aliphatic heterocycles. The highest BCUT2D eigenvalue weighted by Crippen LogP contribution is 2.42. The predicted molar refractivity (Wildman–Crippen MR) is 126 cm³/mol. The molecule has 0 unspecified atom stereocenters. The van der Waals surface area contributed by atoms with Crippen LogP contribution in [0.25, 0.3) is 10.9 Å². The normalized spacial score (nSPS) is 20.6. The van der Waals surface area contributed by atoms with Gasteiger partial charge in [-0.3, -0.25) is 9.59 Å². The Balaban J connectivity index is 1.56. The number of hydrogen-bond donors (Lipinski definition) is 1. The standard InChI is InChI=1S/C27H31N3O2/c1-3-4-5-8-15-29-17-24(31)30-23(27(29)32)16-21-20-9-6-7-10-22(20)28-25(21)26(30)19-13-11-18(2)12-14-19/h6-7,9-14,23,26,28H,3-5,8,15-17H2,1-2H3/t23-,26+/m0/s1. The van der Waals surface area contributed by atoms with Crippen molar-refractivity contribution in [2.24, 2.45) is 0 Å². The number of aromatic nitrogens is 1. The molecule has 3 heterocycles. The van der Waals surface area contributed by atoms with Crippen molar-refractivity contribution >= 4 is 22.7 Å². The van der Waals surface area contributed by atoms with Crippen molar-refractivity contribution in [1.82, 2.24) is 14.8 Å². The number of piperazine rings is 1. The van der Waals surface area contributed by atoms with Crippen molar-refractivity contribution in [3.05, 3.63) is 70.9 Å². The third-order valence-electron chi connectivity index (χ3n) is 7.02. The van der Waals surface area contributed by atoms with Gasteiger partial charge in [0, 0.05) is 29.6 Å². The van der Waals surface area contributed by atoms with Gasteiger partial charge in [-0.05, 0) is 30.5 Å². The molecule has 0 aliphatic carbocycles. The number of carbonyl (C=O) groups excluding carboxylic acids is 2. The third-order valence-corrected chi connectivity index (χ3v) is 7.02. The number of para-hydroxylation sites is 1. The minimum atomic E-state index is -0.444. The summed E-state index contributed by atoms with van der Waals surface area (Å²) in [5.41, 5.74) is 5.50. The molecule has 1 N–H and O–H groups in total. The second kappa shape index (κ2) is 8.45. The molecule has 2 aliphatic rings. The summed E-state index contributed by atoms with van der Waals surface area (Å²) in [6, 6.07) is 15.9. The summed E-state index contributed by atoms with van der Waals surface area (Å²) in [5.74, 6) is 0.133. The molecule has 3 aromatic rings. The second-order valence-corrected chi connectivity index (χ2v) is 9.22. The lowest BCUT2D eigenvalue weighted by Crippen LogP contribution is -2.63. The first-order valence-corrected chi connectivity index (χ1v) is 11.8. The maximum absolute atomic E-state index is 13.6. The lowest BCUT2D eigenvalue weighted by molar-refractivity contribution is -0.158. The smallest absolute Gasteiger partial charge is 0.246 e. The van der Waals surface area contributed by atoms with E-state index in [-0.39, 0.29) is 24.4 Å². The molecule has 5 rings (SSSR count). The topological polar surface area (TPSA) is 56.4 Å². The number of benzene rings is 2. The summed E-state index contributed by atoms with van der Waals surface area (Å²) >= 11 is 0. The van der Waals surface area contributed by atoms with Gasteiger partial charge in [-0.25, -0.2) is 0 Å². The summed E-state index contributed by atoms with van der Waals surface area (Å²) < 4.78 is 0. The van der Waals surface area contributed by atoms with Gasteiger partial charge in [0.15, 0.2) is 0 Å². The van der Waals surface area contributed by atoms with E-state index in [4.69, 9.17) is 0 Å². The number of aromatic amines is 1. The molecule has 0 bridgehead atoms. The first kappa shape index (κ1) is 20.8. The highest BCUT2D eigenvalue weighted by molar-refractivity contribution is 5.97. The van der Waals surface area contributed by atoms with Crippen LogP contribution in [0.5, 0.6) is 0 Å². The van der Waals surface area contributed by atoms with Crippen molar-refractivity contribution in [3.8, 4) is 0 Å². The van der Waals surface area contributed by atoms with E-state index in [0.29, 0.717) is 13.0 Å². The third kappa shape index (κ3) is 3.50. The van der Waals surface area contributed by atoms with Crippen LogP contribution >= 0.6 is 0 Å². The van der Waals surface area contributed by atoms with Crippen LogP contribution in [0.2, 0.25) is 0 Å². The van der Waals surface area contributed by atoms with Gasteiger partial charge in [0.05, 0.1) is 12.6 Å². The maximum atomic E-state index is 13.6. The Bertz CT molecular complexity index is 1150. The largest absolute Gasteiger partial charge is 0.356 e. The number of nitrogens with one attached hydrogen (secondary N) is 1. The van der Waals surface area contributed by atoms with E-state index in [2.05, 4.69) is 55.2 Å². The maximum Gasteiger partial charge on any atom is 0.246 e. The highest BCUT2D eigenvalue weighted by atomic mass is 16.2. The zero-order chi connectivity index (χ0) is 22.2. The Morgan fingerprint density at radius 3 is 2.56 bits per heavy atom. The lowest BCUT2D eigenvalue weighted by atomic mass is 9.86. The first-order valence-electron chi connectivity index (χ1n) is 11.8. The lowest BCUT2D eigenvalue weighted by Gasteiger charge is -2.47. The van der Waals surface area contributed by atoms with Crippen LogP contribution in [0, 0.1) is 6.92 Å². The molecule has 1 aromatic heterocycles. The fourth-order valence-corrected chi connectivity index (χ4v) is 5.34. The highest BCUT2D eigenvalue weighted by Gasteiger charge is 2.47. The van der Waals surface area contributed by atoms with Crippen LogP contribution in [-0.4, -0.2) is 45.7 Å². The number of amides is 2. The van der Waals surface area contributed by atoms with E-state index in [0.717, 1.165) is 41.4 Å². The molecular weight excluding hydrogens is 398 g/mol. The van der Waals surface area contributed by atoms with E-state index in [1.807, 2.05) is 17.0 Å². The van der Waals surface area contributed by atoms with Crippen LogP contribution in [0.4, 0.5) is 0 Å². The Kier molecular flexibility index (Phi) is 5.50. The Labute approximate surface area is 189 Å². The molecule has 2 amide bonds. The van der Waals surface area contributed by atoms with E-state index >= 15 is 0 Å². The van der Waals surface area contributed by atoms with Crippen molar-refractivity contribution in [1.29, 1.82) is 0 Å². The quantitative estimate of drug-likeness (QED) is 0.576. The van der Waals surface area contributed by atoms with Gasteiger partial charge in [-0.1, -0.05) is 74.2 Å². The van der Waals surface area contributed by atoms with Crippen molar-refractivity contribution in [3.63, 3.8) is 0 Å². The molecule has 0 radical (unpaired) electrons. The molecule has 2 atom stereocenters. The van der Waals surface area contributed by atoms with Crippen molar-refractivity contribution in [2.45, 2.75) is 58.0 Å².